The van der Waals surface area contributed by atoms with Crippen molar-refractivity contribution >= 4 is 40.4 Å². The SMILES string of the molecule is N#CC(=CNc1ccc(C(=O)O)c(Cl)c1Cl)c1nn[nH]n1. The summed E-state index contributed by atoms with van der Waals surface area (Å²) in [5.74, 6) is -1.08. The van der Waals surface area contributed by atoms with Crippen LogP contribution in [0.5, 0.6) is 0 Å². The number of aromatic nitrogens is 4. The fourth-order valence-electron chi connectivity index (χ4n) is 1.40. The predicted molar refractivity (Wildman–Crippen MR) is 74.8 cm³/mol. The summed E-state index contributed by atoms with van der Waals surface area (Å²) in [6.45, 7) is 0. The van der Waals surface area contributed by atoms with E-state index in [0.29, 0.717) is 5.69 Å². The van der Waals surface area contributed by atoms with Crippen LogP contribution in [0.3, 0.4) is 0 Å². The van der Waals surface area contributed by atoms with Gasteiger partial charge in [-0.1, -0.05) is 23.2 Å². The highest BCUT2D eigenvalue weighted by Gasteiger charge is 2.14. The summed E-state index contributed by atoms with van der Waals surface area (Å²) in [7, 11) is 0. The molecule has 106 valence electrons. The van der Waals surface area contributed by atoms with Gasteiger partial charge >= 0.3 is 5.97 Å². The minimum atomic E-state index is -1.19. The third-order valence-electron chi connectivity index (χ3n) is 2.39. The van der Waals surface area contributed by atoms with Gasteiger partial charge in [-0.3, -0.25) is 0 Å². The van der Waals surface area contributed by atoms with E-state index in [1.54, 1.807) is 0 Å². The van der Waals surface area contributed by atoms with E-state index in [-0.39, 0.29) is 27.0 Å². The summed E-state index contributed by atoms with van der Waals surface area (Å²) in [5, 5.41) is 33.5. The van der Waals surface area contributed by atoms with Crippen molar-refractivity contribution in [2.75, 3.05) is 5.32 Å². The van der Waals surface area contributed by atoms with Gasteiger partial charge in [0.1, 0.15) is 11.6 Å². The number of rotatable bonds is 4. The molecule has 3 N–H and O–H groups in total. The lowest BCUT2D eigenvalue weighted by Gasteiger charge is -2.08. The lowest BCUT2D eigenvalue weighted by Crippen LogP contribution is -2.00. The average Bonchev–Trinajstić information content (AvgIpc) is 2.97. The van der Waals surface area contributed by atoms with Gasteiger partial charge in [0.2, 0.25) is 5.82 Å². The predicted octanol–water partition coefficient (Wildman–Crippen LogP) is 2.18. The summed E-state index contributed by atoms with van der Waals surface area (Å²) in [5.41, 5.74) is 0.330. The number of carboxylic acid groups (broad SMARTS) is 1. The molecule has 2 aromatic rings. The lowest BCUT2D eigenvalue weighted by atomic mass is 10.2. The number of carbonyl (C=O) groups is 1. The second-order valence-electron chi connectivity index (χ2n) is 3.64. The molecule has 0 radical (unpaired) electrons. The van der Waals surface area contributed by atoms with Crippen LogP contribution in [-0.2, 0) is 0 Å². The molecule has 0 unspecified atom stereocenters. The van der Waals surface area contributed by atoms with E-state index in [1.165, 1.54) is 18.3 Å². The third-order valence-corrected chi connectivity index (χ3v) is 3.27. The molecule has 1 aromatic carbocycles. The number of aromatic amines is 1. The van der Waals surface area contributed by atoms with E-state index in [1.807, 2.05) is 6.07 Å². The van der Waals surface area contributed by atoms with E-state index >= 15 is 0 Å². The third kappa shape index (κ3) is 3.10. The monoisotopic (exact) mass is 324 g/mol. The molecular formula is C11H6Cl2N6O2. The Morgan fingerprint density at radius 3 is 2.76 bits per heavy atom. The summed E-state index contributed by atoms with van der Waals surface area (Å²) in [6.07, 6.45) is 1.31. The van der Waals surface area contributed by atoms with Crippen molar-refractivity contribution in [3.05, 3.63) is 39.8 Å². The first-order valence-corrected chi connectivity index (χ1v) is 6.12. The van der Waals surface area contributed by atoms with Crippen LogP contribution in [0.1, 0.15) is 16.2 Å². The van der Waals surface area contributed by atoms with Crippen molar-refractivity contribution in [1.82, 2.24) is 20.6 Å². The van der Waals surface area contributed by atoms with Gasteiger partial charge in [0.15, 0.2) is 0 Å². The highest BCUT2D eigenvalue weighted by atomic mass is 35.5. The Labute approximate surface area is 128 Å². The fraction of sp³-hybridized carbons (Fsp3) is 0. The van der Waals surface area contributed by atoms with Crippen LogP contribution in [0.2, 0.25) is 10.0 Å². The van der Waals surface area contributed by atoms with E-state index < -0.39 is 5.97 Å². The Morgan fingerprint density at radius 2 is 2.19 bits per heavy atom. The Bertz CT molecular complexity index is 751. The summed E-state index contributed by atoms with van der Waals surface area (Å²) in [4.78, 5) is 10.9. The maximum Gasteiger partial charge on any atom is 0.337 e. The van der Waals surface area contributed by atoms with Gasteiger partial charge in [0, 0.05) is 6.20 Å². The average molecular weight is 325 g/mol. The Morgan fingerprint density at radius 1 is 1.43 bits per heavy atom. The number of halogens is 2. The first kappa shape index (κ1) is 14.8. The molecule has 2 rings (SSSR count). The summed E-state index contributed by atoms with van der Waals surface area (Å²) < 4.78 is 0. The normalized spacial score (nSPS) is 11.0. The molecule has 10 heteroatoms. The molecule has 8 nitrogen and oxygen atoms in total. The van der Waals surface area contributed by atoms with Crippen LogP contribution in [-0.4, -0.2) is 31.7 Å². The Balaban J connectivity index is 2.31. The smallest absolute Gasteiger partial charge is 0.337 e. The molecule has 0 aliphatic carbocycles. The summed E-state index contributed by atoms with van der Waals surface area (Å²) in [6, 6.07) is 4.61. The van der Waals surface area contributed by atoms with Crippen molar-refractivity contribution in [2.24, 2.45) is 0 Å². The van der Waals surface area contributed by atoms with E-state index in [9.17, 15) is 4.79 Å². The number of aromatic carboxylic acids is 1. The van der Waals surface area contributed by atoms with Crippen molar-refractivity contribution < 1.29 is 9.90 Å². The number of benzene rings is 1. The highest BCUT2D eigenvalue weighted by Crippen LogP contribution is 2.33. The van der Waals surface area contributed by atoms with Gasteiger partial charge in [-0.05, 0) is 17.3 Å². The lowest BCUT2D eigenvalue weighted by molar-refractivity contribution is 0.0697. The molecule has 0 saturated heterocycles. The Kier molecular flexibility index (Phi) is 4.37. The number of carboxylic acids is 1. The van der Waals surface area contributed by atoms with E-state index in [2.05, 4.69) is 25.9 Å². The molecule has 1 aromatic heterocycles. The Hall–Kier alpha value is -2.63. The number of nitrogens with zero attached hydrogens (tertiary/aromatic N) is 4. The zero-order valence-corrected chi connectivity index (χ0v) is 11.6. The van der Waals surface area contributed by atoms with Gasteiger partial charge in [0.25, 0.3) is 0 Å². The van der Waals surface area contributed by atoms with Crippen molar-refractivity contribution in [2.45, 2.75) is 0 Å². The maximum absolute atomic E-state index is 10.9. The molecule has 0 amide bonds. The fourth-order valence-corrected chi connectivity index (χ4v) is 1.86. The number of anilines is 1. The first-order valence-electron chi connectivity index (χ1n) is 5.36. The van der Waals surface area contributed by atoms with E-state index in [4.69, 9.17) is 33.6 Å². The van der Waals surface area contributed by atoms with E-state index in [0.717, 1.165) is 0 Å². The van der Waals surface area contributed by atoms with Crippen LogP contribution in [0.25, 0.3) is 5.57 Å². The molecule has 0 saturated carbocycles. The van der Waals surface area contributed by atoms with Crippen molar-refractivity contribution in [3.8, 4) is 6.07 Å². The largest absolute Gasteiger partial charge is 0.478 e. The number of nitrogens with one attached hydrogen (secondary N) is 2. The highest BCUT2D eigenvalue weighted by molar-refractivity contribution is 6.45. The molecular weight excluding hydrogens is 319 g/mol. The molecule has 0 atom stereocenters. The first-order chi connectivity index (χ1) is 10.0. The number of hydrogen-bond donors (Lipinski definition) is 3. The summed E-state index contributed by atoms with van der Waals surface area (Å²) >= 11 is 11.8. The van der Waals surface area contributed by atoms with Crippen LogP contribution in [0, 0.1) is 11.3 Å². The van der Waals surface area contributed by atoms with Crippen molar-refractivity contribution in [3.63, 3.8) is 0 Å². The molecule has 0 fully saturated rings. The molecule has 0 spiro atoms. The number of allylic oxidation sites excluding steroid dienone is 1. The number of nitriles is 1. The molecule has 0 bridgehead atoms. The minimum absolute atomic E-state index is 0.0261. The number of tetrazole rings is 1. The van der Waals surface area contributed by atoms with Crippen LogP contribution in [0.4, 0.5) is 5.69 Å². The van der Waals surface area contributed by atoms with Crippen LogP contribution < -0.4 is 5.32 Å². The van der Waals surface area contributed by atoms with Gasteiger partial charge in [-0.15, -0.1) is 10.2 Å². The molecule has 21 heavy (non-hydrogen) atoms. The van der Waals surface area contributed by atoms with Crippen molar-refractivity contribution in [1.29, 1.82) is 5.26 Å². The van der Waals surface area contributed by atoms with Gasteiger partial charge in [-0.2, -0.15) is 10.5 Å². The van der Waals surface area contributed by atoms with Crippen LogP contribution in [0.15, 0.2) is 18.3 Å². The topological polar surface area (TPSA) is 128 Å². The zero-order valence-electron chi connectivity index (χ0n) is 10.1. The second kappa shape index (κ2) is 6.21. The van der Waals surface area contributed by atoms with Gasteiger partial charge in [0.05, 0.1) is 21.3 Å². The number of H-pyrrole nitrogens is 1. The molecule has 0 aliphatic heterocycles. The maximum atomic E-state index is 10.9. The molecule has 1 heterocycles. The second-order valence-corrected chi connectivity index (χ2v) is 4.40. The zero-order chi connectivity index (χ0) is 15.4. The van der Waals surface area contributed by atoms with Gasteiger partial charge < -0.3 is 10.4 Å². The number of hydrogen-bond acceptors (Lipinski definition) is 6. The molecule has 0 aliphatic rings. The van der Waals surface area contributed by atoms with Gasteiger partial charge in [-0.25, -0.2) is 4.79 Å². The quantitative estimate of drug-likeness (QED) is 0.735. The standard InChI is InChI=1S/C11H6Cl2N6O2/c12-8-6(11(20)21)1-2-7(9(8)13)15-4-5(3-14)10-16-18-19-17-10/h1-2,4,15H,(H,20,21)(H,16,17,18,19). The minimum Gasteiger partial charge on any atom is -0.478 e. The van der Waals surface area contributed by atoms with Crippen LogP contribution >= 0.6 is 23.2 Å².